The second-order valence-corrected chi connectivity index (χ2v) is 10.8. The highest BCUT2D eigenvalue weighted by atomic mass is 32.2. The first-order valence-electron chi connectivity index (χ1n) is 12.7. The lowest BCUT2D eigenvalue weighted by Crippen LogP contribution is -2.51. The molecule has 2 amide bonds. The third kappa shape index (κ3) is 8.23. The van der Waals surface area contributed by atoms with Crippen molar-refractivity contribution in [3.8, 4) is 0 Å². The molecule has 3 saturated heterocycles. The average molecular weight is 548 g/mol. The highest BCUT2D eigenvalue weighted by Crippen LogP contribution is 2.41. The fourth-order valence-electron chi connectivity index (χ4n) is 5.01. The molecule has 0 aromatic carbocycles. The molecule has 0 aromatic rings. The molecule has 3 heterocycles. The van der Waals surface area contributed by atoms with Gasteiger partial charge in [0.25, 0.3) is 5.91 Å². The van der Waals surface area contributed by atoms with Crippen molar-refractivity contribution in [1.29, 1.82) is 0 Å². The lowest BCUT2D eigenvalue weighted by atomic mass is 9.79. The molecule has 0 unspecified atom stereocenters. The van der Waals surface area contributed by atoms with Gasteiger partial charge < -0.3 is 14.7 Å². The van der Waals surface area contributed by atoms with E-state index in [1.54, 1.807) is 23.7 Å². The summed E-state index contributed by atoms with van der Waals surface area (Å²) < 4.78 is 47.6. The molecular weight excluding hydrogens is 511 g/mol. The van der Waals surface area contributed by atoms with Crippen LogP contribution in [0, 0.1) is 11.3 Å². The van der Waals surface area contributed by atoms with E-state index in [2.05, 4.69) is 4.31 Å². The van der Waals surface area contributed by atoms with Gasteiger partial charge in [0.15, 0.2) is 0 Å². The lowest BCUT2D eigenvalue weighted by Gasteiger charge is -2.40. The van der Waals surface area contributed by atoms with Crippen LogP contribution < -0.4 is 5.48 Å². The Balaban J connectivity index is 0.000000678. The summed E-state index contributed by atoms with van der Waals surface area (Å²) in [5.74, 6) is -0.327. The minimum absolute atomic E-state index is 0.118. The summed E-state index contributed by atoms with van der Waals surface area (Å²) in [6.45, 7) is 3.59. The van der Waals surface area contributed by atoms with Crippen LogP contribution in [0.5, 0.6) is 0 Å². The average Bonchev–Trinajstić information content (AvgIpc) is 3.38. The summed E-state index contributed by atoms with van der Waals surface area (Å²) in [5, 5.41) is 18.3. The number of carboxylic acid groups (broad SMARTS) is 1. The number of nitrogens with one attached hydrogen (secondary N) is 1. The molecule has 0 radical (unpaired) electrons. The predicted molar refractivity (Wildman–Crippen MR) is 134 cm³/mol. The van der Waals surface area contributed by atoms with Crippen LogP contribution in [0.2, 0.25) is 0 Å². The summed E-state index contributed by atoms with van der Waals surface area (Å²) in [5.41, 5.74) is 0.725. The quantitative estimate of drug-likeness (QED) is 0.259. The molecule has 0 bridgehead atoms. The lowest BCUT2D eigenvalue weighted by molar-refractivity contribution is -0.141. The van der Waals surface area contributed by atoms with Crippen molar-refractivity contribution in [2.75, 3.05) is 45.1 Å². The van der Waals surface area contributed by atoms with Gasteiger partial charge in [-0.1, -0.05) is 36.3 Å². The molecular formula is C25H36F3N3O5S. The summed E-state index contributed by atoms with van der Waals surface area (Å²) in [4.78, 5) is 24.8. The van der Waals surface area contributed by atoms with E-state index >= 15 is 0 Å². The van der Waals surface area contributed by atoms with Crippen LogP contribution in [-0.4, -0.2) is 82.8 Å². The van der Waals surface area contributed by atoms with Crippen LogP contribution in [0.1, 0.15) is 44.9 Å². The number of hydroxylamine groups is 1. The number of piperidine rings is 2. The van der Waals surface area contributed by atoms with Crippen molar-refractivity contribution in [2.24, 2.45) is 11.3 Å². The van der Waals surface area contributed by atoms with Gasteiger partial charge in [0, 0.05) is 50.7 Å². The summed E-state index contributed by atoms with van der Waals surface area (Å²) >= 11 is 1.44. The van der Waals surface area contributed by atoms with Gasteiger partial charge in [-0.05, 0) is 56.4 Å². The number of rotatable bonds is 5. The van der Waals surface area contributed by atoms with Crippen LogP contribution in [0.4, 0.5) is 18.0 Å². The number of nitrogens with zero attached hydrogens (tertiary/aromatic N) is 2. The molecule has 0 saturated carbocycles. The van der Waals surface area contributed by atoms with Crippen molar-refractivity contribution in [2.45, 2.75) is 51.1 Å². The Kier molecular flexibility index (Phi) is 10.9. The normalized spacial score (nSPS) is 22.9. The largest absolute Gasteiger partial charge is 0.465 e. The SMILES string of the molecule is C1CCOC1.O=C(O)N1CCC(CSN2CCC(C3=C(C(F)(F)F)CC=CC=C3)CC2)(C(=O)NO)CC1. The smallest absolute Gasteiger partial charge is 0.413 e. The fourth-order valence-corrected chi connectivity index (χ4v) is 6.33. The molecule has 0 aromatic heterocycles. The monoisotopic (exact) mass is 547 g/mol. The second-order valence-electron chi connectivity index (χ2n) is 9.71. The number of allylic oxidation sites excluding steroid dienone is 6. The van der Waals surface area contributed by atoms with Gasteiger partial charge in [0.1, 0.15) is 0 Å². The second kappa shape index (κ2) is 13.7. The number of alkyl halides is 3. The highest BCUT2D eigenvalue weighted by molar-refractivity contribution is 7.97. The van der Waals surface area contributed by atoms with Gasteiger partial charge in [0.2, 0.25) is 0 Å². The van der Waals surface area contributed by atoms with Crippen LogP contribution in [0.15, 0.2) is 35.5 Å². The minimum atomic E-state index is -4.35. The van der Waals surface area contributed by atoms with Crippen LogP contribution in [0.3, 0.4) is 0 Å². The molecule has 4 rings (SSSR count). The molecule has 3 fully saturated rings. The zero-order valence-electron chi connectivity index (χ0n) is 20.8. The number of carbonyl (C=O) groups is 2. The molecule has 8 nitrogen and oxygen atoms in total. The highest BCUT2D eigenvalue weighted by Gasteiger charge is 2.43. The van der Waals surface area contributed by atoms with Crippen molar-refractivity contribution in [1.82, 2.24) is 14.7 Å². The van der Waals surface area contributed by atoms with E-state index < -0.39 is 29.2 Å². The number of hydrogen-bond acceptors (Lipinski definition) is 6. The topological polar surface area (TPSA) is 102 Å². The molecule has 0 spiro atoms. The standard InChI is InChI=1S/C21H28F3N3O4S.C4H8O/c22-21(23,24)17-5-3-1-2-4-16(17)15-6-10-27(11-7-15)32-14-20(18(28)25-31)8-12-26(13-9-20)19(29)30;1-2-4-5-3-1/h1-4,15,31H,5-14H2,(H,25,28)(H,29,30);1-4H2. The Morgan fingerprint density at radius 2 is 1.76 bits per heavy atom. The number of ether oxygens (including phenoxy) is 1. The Labute approximate surface area is 219 Å². The molecule has 3 N–H and O–H groups in total. The van der Waals surface area contributed by atoms with Gasteiger partial charge in [-0.25, -0.2) is 10.3 Å². The van der Waals surface area contributed by atoms with Crippen molar-refractivity contribution >= 4 is 23.9 Å². The Morgan fingerprint density at radius 3 is 2.27 bits per heavy atom. The summed E-state index contributed by atoms with van der Waals surface area (Å²) in [7, 11) is 0. The summed E-state index contributed by atoms with van der Waals surface area (Å²) in [6, 6.07) is 0. The number of amides is 2. The molecule has 1 aliphatic carbocycles. The van der Waals surface area contributed by atoms with E-state index in [-0.39, 0.29) is 25.4 Å². The van der Waals surface area contributed by atoms with E-state index in [4.69, 9.17) is 9.84 Å². The molecule has 37 heavy (non-hydrogen) atoms. The summed E-state index contributed by atoms with van der Waals surface area (Å²) in [6.07, 6.45) is 5.23. The number of carbonyl (C=O) groups excluding carboxylic acids is 1. The maximum atomic E-state index is 13.5. The van der Waals surface area contributed by atoms with Crippen LogP contribution in [-0.2, 0) is 9.53 Å². The van der Waals surface area contributed by atoms with E-state index in [9.17, 15) is 28.0 Å². The van der Waals surface area contributed by atoms with E-state index in [1.165, 1.54) is 35.8 Å². The maximum absolute atomic E-state index is 13.5. The third-order valence-corrected chi connectivity index (χ3v) is 8.77. The van der Waals surface area contributed by atoms with Crippen LogP contribution >= 0.6 is 11.9 Å². The number of halogens is 3. The minimum Gasteiger partial charge on any atom is -0.465 e. The molecule has 4 aliphatic rings. The van der Waals surface area contributed by atoms with Crippen molar-refractivity contribution < 1.29 is 37.8 Å². The maximum Gasteiger partial charge on any atom is 0.413 e. The van der Waals surface area contributed by atoms with Gasteiger partial charge in [0.05, 0.1) is 5.41 Å². The van der Waals surface area contributed by atoms with E-state index in [1.807, 2.05) is 0 Å². The van der Waals surface area contributed by atoms with Crippen molar-refractivity contribution in [3.63, 3.8) is 0 Å². The zero-order chi connectivity index (χ0) is 26.9. The Bertz CT molecular complexity index is 866. The van der Waals surface area contributed by atoms with E-state index in [0.717, 1.165) is 13.2 Å². The fraction of sp³-hybridized carbons (Fsp3) is 0.680. The van der Waals surface area contributed by atoms with E-state index in [0.29, 0.717) is 50.1 Å². The third-order valence-electron chi connectivity index (χ3n) is 7.35. The zero-order valence-corrected chi connectivity index (χ0v) is 21.7. The van der Waals surface area contributed by atoms with Gasteiger partial charge in [-0.15, -0.1) is 0 Å². The first-order valence-corrected chi connectivity index (χ1v) is 13.6. The van der Waals surface area contributed by atoms with Gasteiger partial charge in [-0.3, -0.25) is 14.3 Å². The molecule has 208 valence electrons. The molecule has 12 heteroatoms. The number of likely N-dealkylation sites (tertiary alicyclic amines) is 1. The van der Waals surface area contributed by atoms with Crippen molar-refractivity contribution in [3.05, 3.63) is 35.5 Å². The first-order chi connectivity index (χ1) is 17.7. The van der Waals surface area contributed by atoms with Gasteiger partial charge in [-0.2, -0.15) is 13.2 Å². The number of hydrogen-bond donors (Lipinski definition) is 3. The predicted octanol–water partition coefficient (Wildman–Crippen LogP) is 4.78. The van der Waals surface area contributed by atoms with Gasteiger partial charge >= 0.3 is 12.3 Å². The molecule has 0 atom stereocenters. The molecule has 3 aliphatic heterocycles. The Morgan fingerprint density at radius 1 is 1.11 bits per heavy atom. The van der Waals surface area contributed by atoms with Crippen LogP contribution in [0.25, 0.3) is 0 Å². The first kappa shape index (κ1) is 29.5. The Hall–Kier alpha value is -2.02.